The Labute approximate surface area is 198 Å². The molecule has 33 heavy (non-hydrogen) atoms. The number of hydrogen-bond acceptors (Lipinski definition) is 4. The summed E-state index contributed by atoms with van der Waals surface area (Å²) in [5, 5.41) is 4.80. The third kappa shape index (κ3) is 5.43. The maximum Gasteiger partial charge on any atom is 0.253 e. The molecule has 7 heteroatoms. The van der Waals surface area contributed by atoms with E-state index in [4.69, 9.17) is 21.4 Å². The molecule has 0 atom stereocenters. The molecule has 0 amide bonds. The first-order chi connectivity index (χ1) is 15.9. The van der Waals surface area contributed by atoms with Crippen LogP contribution in [0, 0.1) is 13.8 Å². The van der Waals surface area contributed by atoms with Crippen molar-refractivity contribution in [3.8, 4) is 5.75 Å². The number of nitrogens with one attached hydrogen (secondary N) is 2. The van der Waals surface area contributed by atoms with Crippen LogP contribution in [0.3, 0.4) is 0 Å². The Balaban J connectivity index is 1.61. The monoisotopic (exact) mass is 461 g/mol. The predicted molar refractivity (Wildman–Crippen MR) is 134 cm³/mol. The lowest BCUT2D eigenvalue weighted by Gasteiger charge is -2.26. The first-order valence-corrected chi connectivity index (χ1v) is 11.1. The molecule has 0 bridgehead atoms. The Morgan fingerprint density at radius 1 is 1.09 bits per heavy atom. The first-order valence-electron chi connectivity index (χ1n) is 10.7. The van der Waals surface area contributed by atoms with E-state index in [0.29, 0.717) is 30.3 Å². The molecule has 0 fully saturated rings. The third-order valence-corrected chi connectivity index (χ3v) is 6.11. The summed E-state index contributed by atoms with van der Waals surface area (Å²) in [5.41, 5.74) is 4.77. The molecule has 4 aromatic rings. The molecule has 0 saturated heterocycles. The minimum absolute atomic E-state index is 0.112. The van der Waals surface area contributed by atoms with Gasteiger partial charge in [-0.05, 0) is 90.6 Å². The van der Waals surface area contributed by atoms with Crippen LogP contribution >= 0.6 is 12.2 Å². The lowest BCUT2D eigenvalue weighted by atomic mass is 10.0. The average Bonchev–Trinajstić information content (AvgIpc) is 3.33. The molecule has 2 aromatic heterocycles. The van der Waals surface area contributed by atoms with Gasteiger partial charge in [-0.2, -0.15) is 0 Å². The van der Waals surface area contributed by atoms with E-state index in [1.165, 1.54) is 5.56 Å². The number of fused-ring (bicyclic) bond motifs is 1. The molecule has 0 aliphatic carbocycles. The topological polar surface area (TPSA) is 70.5 Å². The second-order valence-corrected chi connectivity index (χ2v) is 8.48. The van der Waals surface area contributed by atoms with Gasteiger partial charge in [-0.15, -0.1) is 0 Å². The molecule has 0 unspecified atom stereocenters. The number of methoxy groups -OCH3 is 1. The number of nitrogens with zero attached hydrogens (tertiary/aromatic N) is 1. The smallest absolute Gasteiger partial charge is 0.253 e. The van der Waals surface area contributed by atoms with E-state index in [-0.39, 0.29) is 5.56 Å². The molecular formula is C26H27N3O3S. The van der Waals surface area contributed by atoms with E-state index in [1.807, 2.05) is 60.4 Å². The van der Waals surface area contributed by atoms with Crippen molar-refractivity contribution >= 4 is 28.2 Å². The molecule has 2 heterocycles. The van der Waals surface area contributed by atoms with Crippen LogP contribution in [0.5, 0.6) is 5.75 Å². The molecule has 0 aliphatic rings. The lowest BCUT2D eigenvalue weighted by molar-refractivity contribution is 0.391. The molecule has 2 aromatic carbocycles. The number of aromatic nitrogens is 1. The van der Waals surface area contributed by atoms with Crippen molar-refractivity contribution in [2.45, 2.75) is 33.5 Å². The maximum atomic E-state index is 12.9. The molecule has 4 rings (SSSR count). The Morgan fingerprint density at radius 3 is 2.55 bits per heavy atom. The average molecular weight is 462 g/mol. The van der Waals surface area contributed by atoms with Gasteiger partial charge < -0.3 is 24.4 Å². The molecule has 0 radical (unpaired) electrons. The standard InChI is InChI=1S/C26H27N3O3S/c1-17-11-20-13-21(25(30)28-24(20)12-18(17)2)16-29(15-19-6-8-22(31-3)9-7-19)26(33)27-14-23-5-4-10-32-23/h4-13H,14-16H2,1-3H3,(H,27,33)(H,28,30). The van der Waals surface area contributed by atoms with Crippen LogP contribution in [0.15, 0.2) is 70.1 Å². The van der Waals surface area contributed by atoms with Crippen molar-refractivity contribution in [3.63, 3.8) is 0 Å². The summed E-state index contributed by atoms with van der Waals surface area (Å²) in [4.78, 5) is 17.9. The summed E-state index contributed by atoms with van der Waals surface area (Å²) in [5.74, 6) is 1.58. The number of ether oxygens (including phenoxy) is 1. The fourth-order valence-corrected chi connectivity index (χ4v) is 3.88. The van der Waals surface area contributed by atoms with Gasteiger partial charge in [0, 0.05) is 17.6 Å². The van der Waals surface area contributed by atoms with Crippen molar-refractivity contribution in [3.05, 3.63) is 99.2 Å². The number of benzene rings is 2. The maximum absolute atomic E-state index is 12.9. The summed E-state index contributed by atoms with van der Waals surface area (Å²) >= 11 is 5.71. The highest BCUT2D eigenvalue weighted by Crippen LogP contribution is 2.19. The zero-order valence-corrected chi connectivity index (χ0v) is 19.8. The fourth-order valence-electron chi connectivity index (χ4n) is 3.68. The van der Waals surface area contributed by atoms with E-state index in [9.17, 15) is 4.79 Å². The number of aryl methyl sites for hydroxylation is 2. The summed E-state index contributed by atoms with van der Waals surface area (Å²) in [6.45, 7) is 5.49. The van der Waals surface area contributed by atoms with Crippen LogP contribution in [0.2, 0.25) is 0 Å². The number of aromatic amines is 1. The van der Waals surface area contributed by atoms with Gasteiger partial charge in [0.05, 0.1) is 26.5 Å². The van der Waals surface area contributed by atoms with Crippen molar-refractivity contribution in [1.29, 1.82) is 0 Å². The van der Waals surface area contributed by atoms with Gasteiger partial charge in [-0.1, -0.05) is 12.1 Å². The van der Waals surface area contributed by atoms with Gasteiger partial charge in [-0.25, -0.2) is 0 Å². The zero-order chi connectivity index (χ0) is 23.4. The van der Waals surface area contributed by atoms with Crippen molar-refractivity contribution < 1.29 is 9.15 Å². The van der Waals surface area contributed by atoms with Crippen LogP contribution in [-0.4, -0.2) is 22.1 Å². The fraction of sp³-hybridized carbons (Fsp3) is 0.231. The van der Waals surface area contributed by atoms with Crippen LogP contribution in [-0.2, 0) is 19.6 Å². The number of rotatable bonds is 7. The Morgan fingerprint density at radius 2 is 1.85 bits per heavy atom. The van der Waals surface area contributed by atoms with Crippen LogP contribution in [0.1, 0.15) is 28.0 Å². The van der Waals surface area contributed by atoms with Crippen molar-refractivity contribution in [1.82, 2.24) is 15.2 Å². The number of furan rings is 1. The van der Waals surface area contributed by atoms with E-state index in [1.54, 1.807) is 13.4 Å². The highest BCUT2D eigenvalue weighted by atomic mass is 32.1. The molecule has 0 aliphatic heterocycles. The Bertz CT molecular complexity index is 1310. The van der Waals surface area contributed by atoms with Gasteiger partial charge in [-0.3, -0.25) is 4.79 Å². The van der Waals surface area contributed by atoms with Gasteiger partial charge >= 0.3 is 0 Å². The Hall–Kier alpha value is -3.58. The third-order valence-electron chi connectivity index (χ3n) is 5.71. The quantitative estimate of drug-likeness (QED) is 0.385. The largest absolute Gasteiger partial charge is 0.497 e. The SMILES string of the molecule is COc1ccc(CN(Cc2cc3cc(C)c(C)cc3[nH]c2=O)C(=S)NCc2ccco2)cc1. The molecular weight excluding hydrogens is 434 g/mol. The molecule has 6 nitrogen and oxygen atoms in total. The van der Waals surface area contributed by atoms with Crippen LogP contribution < -0.4 is 15.6 Å². The summed E-state index contributed by atoms with van der Waals surface area (Å²) in [6.07, 6.45) is 1.63. The second kappa shape index (κ2) is 9.92. The van der Waals surface area contributed by atoms with E-state index in [2.05, 4.69) is 23.3 Å². The van der Waals surface area contributed by atoms with Crippen molar-refractivity contribution in [2.75, 3.05) is 7.11 Å². The normalized spacial score (nSPS) is 10.9. The Kier molecular flexibility index (Phi) is 6.79. The molecule has 170 valence electrons. The molecule has 0 spiro atoms. The molecule has 2 N–H and O–H groups in total. The number of H-pyrrole nitrogens is 1. The number of hydrogen-bond donors (Lipinski definition) is 2. The van der Waals surface area contributed by atoms with Gasteiger partial charge in [0.2, 0.25) is 0 Å². The van der Waals surface area contributed by atoms with Gasteiger partial charge in [0.25, 0.3) is 5.56 Å². The van der Waals surface area contributed by atoms with Crippen molar-refractivity contribution in [2.24, 2.45) is 0 Å². The summed E-state index contributed by atoms with van der Waals surface area (Å²) < 4.78 is 10.7. The van der Waals surface area contributed by atoms with E-state index < -0.39 is 0 Å². The number of thiocarbonyl (C=S) groups is 1. The lowest BCUT2D eigenvalue weighted by Crippen LogP contribution is -2.39. The van der Waals surface area contributed by atoms with Crippen LogP contribution in [0.25, 0.3) is 10.9 Å². The first kappa shape index (κ1) is 22.6. The minimum atomic E-state index is -0.112. The number of pyridine rings is 1. The highest BCUT2D eigenvalue weighted by Gasteiger charge is 2.15. The summed E-state index contributed by atoms with van der Waals surface area (Å²) in [7, 11) is 1.64. The van der Waals surface area contributed by atoms with E-state index in [0.717, 1.165) is 33.5 Å². The predicted octanol–water partition coefficient (Wildman–Crippen LogP) is 4.82. The van der Waals surface area contributed by atoms with Gasteiger partial charge in [0.1, 0.15) is 11.5 Å². The minimum Gasteiger partial charge on any atom is -0.497 e. The highest BCUT2D eigenvalue weighted by molar-refractivity contribution is 7.80. The summed E-state index contributed by atoms with van der Waals surface area (Å²) in [6, 6.07) is 17.6. The zero-order valence-electron chi connectivity index (χ0n) is 19.0. The molecule has 0 saturated carbocycles. The van der Waals surface area contributed by atoms with Gasteiger partial charge in [0.15, 0.2) is 5.11 Å². The second-order valence-electron chi connectivity index (χ2n) is 8.09. The van der Waals surface area contributed by atoms with E-state index >= 15 is 0 Å². The van der Waals surface area contributed by atoms with Crippen LogP contribution in [0.4, 0.5) is 0 Å².